The Labute approximate surface area is 96.1 Å². The molecule has 0 atom stereocenters. The van der Waals surface area contributed by atoms with E-state index in [1.165, 1.54) is 7.05 Å². The Balaban J connectivity index is 3.86. The summed E-state index contributed by atoms with van der Waals surface area (Å²) in [6.45, 7) is 2.72. The van der Waals surface area contributed by atoms with E-state index in [0.717, 1.165) is 17.3 Å². The highest BCUT2D eigenvalue weighted by atomic mass is 32.2. The summed E-state index contributed by atoms with van der Waals surface area (Å²) in [5.41, 5.74) is 0. The molecule has 0 aromatic rings. The molecule has 0 spiro atoms. The molecule has 16 heavy (non-hydrogen) atoms. The maximum Gasteiger partial charge on any atom is 0.252 e. The molecule has 98 valence electrons. The lowest BCUT2D eigenvalue weighted by Gasteiger charge is -2.16. The summed E-state index contributed by atoms with van der Waals surface area (Å²) in [4.78, 5) is 0. The van der Waals surface area contributed by atoms with E-state index >= 15 is 0 Å². The molecule has 0 saturated heterocycles. The summed E-state index contributed by atoms with van der Waals surface area (Å²) < 4.78 is 47.6. The van der Waals surface area contributed by atoms with E-state index in [1.807, 2.05) is 6.92 Å². The Bertz CT molecular complexity index is 271. The van der Waals surface area contributed by atoms with Gasteiger partial charge in [-0.1, -0.05) is 6.92 Å². The van der Waals surface area contributed by atoms with E-state index in [2.05, 4.69) is 5.32 Å². The van der Waals surface area contributed by atoms with Crippen LogP contribution in [0.15, 0.2) is 0 Å². The molecule has 0 unspecified atom stereocenters. The second-order valence-electron chi connectivity index (χ2n) is 3.59. The van der Waals surface area contributed by atoms with Gasteiger partial charge < -0.3 is 5.32 Å². The number of nitrogens with zero attached hydrogens (tertiary/aromatic N) is 1. The quantitative estimate of drug-likeness (QED) is 0.625. The molecule has 0 aliphatic rings. The molecule has 0 aliphatic heterocycles. The Kier molecular flexibility index (Phi) is 7.78. The molecular formula is C9H20F2N2O2S. The highest BCUT2D eigenvalue weighted by molar-refractivity contribution is 7.89. The monoisotopic (exact) mass is 258 g/mol. The first-order valence-corrected chi connectivity index (χ1v) is 6.94. The van der Waals surface area contributed by atoms with Crippen LogP contribution < -0.4 is 5.32 Å². The van der Waals surface area contributed by atoms with Gasteiger partial charge in [-0.3, -0.25) is 0 Å². The SMILES string of the molecule is CCCNCCCS(=O)(=O)N(C)CC(F)F. The van der Waals surface area contributed by atoms with Crippen molar-refractivity contribution in [2.45, 2.75) is 26.2 Å². The van der Waals surface area contributed by atoms with Crippen LogP contribution in [0.3, 0.4) is 0 Å². The highest BCUT2D eigenvalue weighted by Gasteiger charge is 2.20. The van der Waals surface area contributed by atoms with Crippen molar-refractivity contribution in [3.63, 3.8) is 0 Å². The predicted molar refractivity (Wildman–Crippen MR) is 60.2 cm³/mol. The molecule has 0 heterocycles. The number of rotatable bonds is 9. The normalized spacial score (nSPS) is 12.6. The van der Waals surface area contributed by atoms with Gasteiger partial charge in [-0.15, -0.1) is 0 Å². The van der Waals surface area contributed by atoms with Gasteiger partial charge in [0.05, 0.1) is 12.3 Å². The number of nitrogens with one attached hydrogen (secondary N) is 1. The van der Waals surface area contributed by atoms with Gasteiger partial charge in [0.25, 0.3) is 6.43 Å². The van der Waals surface area contributed by atoms with Crippen LogP contribution >= 0.6 is 0 Å². The summed E-state index contributed by atoms with van der Waals surface area (Å²) in [5, 5.41) is 3.06. The predicted octanol–water partition coefficient (Wildman–Crippen LogP) is 0.903. The Morgan fingerprint density at radius 2 is 1.94 bits per heavy atom. The summed E-state index contributed by atoms with van der Waals surface area (Å²) >= 11 is 0. The van der Waals surface area contributed by atoms with Crippen LogP contribution in [-0.2, 0) is 10.0 Å². The fraction of sp³-hybridized carbons (Fsp3) is 1.00. The van der Waals surface area contributed by atoms with Crippen LogP contribution in [0.1, 0.15) is 19.8 Å². The zero-order chi connectivity index (χ0) is 12.6. The van der Waals surface area contributed by atoms with E-state index in [0.29, 0.717) is 13.0 Å². The molecule has 0 bridgehead atoms. The van der Waals surface area contributed by atoms with Crippen molar-refractivity contribution >= 4 is 10.0 Å². The van der Waals surface area contributed by atoms with Crippen molar-refractivity contribution in [3.8, 4) is 0 Å². The first-order valence-electron chi connectivity index (χ1n) is 5.33. The molecule has 0 radical (unpaired) electrons. The zero-order valence-electron chi connectivity index (χ0n) is 9.75. The summed E-state index contributed by atoms with van der Waals surface area (Å²) in [5.74, 6) is -0.0903. The van der Waals surface area contributed by atoms with Gasteiger partial charge in [-0.05, 0) is 25.9 Å². The van der Waals surface area contributed by atoms with Crippen LogP contribution in [-0.4, -0.2) is 51.6 Å². The highest BCUT2D eigenvalue weighted by Crippen LogP contribution is 2.04. The summed E-state index contributed by atoms with van der Waals surface area (Å²) in [7, 11) is -2.35. The van der Waals surface area contributed by atoms with Gasteiger partial charge >= 0.3 is 0 Å². The van der Waals surface area contributed by atoms with Crippen molar-refractivity contribution < 1.29 is 17.2 Å². The van der Waals surface area contributed by atoms with Crippen molar-refractivity contribution in [2.75, 3.05) is 32.4 Å². The molecule has 0 aliphatic carbocycles. The second-order valence-corrected chi connectivity index (χ2v) is 5.79. The first-order chi connectivity index (χ1) is 7.40. The fourth-order valence-corrected chi connectivity index (χ4v) is 2.31. The third-order valence-electron chi connectivity index (χ3n) is 2.05. The lowest BCUT2D eigenvalue weighted by Crippen LogP contribution is -2.34. The second kappa shape index (κ2) is 7.92. The summed E-state index contributed by atoms with van der Waals surface area (Å²) in [6, 6.07) is 0. The van der Waals surface area contributed by atoms with Crippen molar-refractivity contribution in [3.05, 3.63) is 0 Å². The molecule has 0 amide bonds. The topological polar surface area (TPSA) is 49.4 Å². The van der Waals surface area contributed by atoms with Gasteiger partial charge in [0.1, 0.15) is 0 Å². The van der Waals surface area contributed by atoms with Crippen LogP contribution in [0.4, 0.5) is 8.78 Å². The van der Waals surface area contributed by atoms with Crippen molar-refractivity contribution in [2.24, 2.45) is 0 Å². The van der Waals surface area contributed by atoms with Crippen LogP contribution in [0.2, 0.25) is 0 Å². The van der Waals surface area contributed by atoms with Gasteiger partial charge in [-0.2, -0.15) is 4.31 Å². The van der Waals surface area contributed by atoms with Gasteiger partial charge in [0.2, 0.25) is 10.0 Å². The minimum absolute atomic E-state index is 0.0903. The minimum atomic E-state index is -3.53. The Hall–Kier alpha value is -0.270. The summed E-state index contributed by atoms with van der Waals surface area (Å²) in [6.07, 6.45) is -1.20. The Morgan fingerprint density at radius 1 is 1.31 bits per heavy atom. The smallest absolute Gasteiger partial charge is 0.252 e. The van der Waals surface area contributed by atoms with Crippen LogP contribution in [0.25, 0.3) is 0 Å². The van der Waals surface area contributed by atoms with Crippen LogP contribution in [0, 0.1) is 0 Å². The molecule has 0 fully saturated rings. The van der Waals surface area contributed by atoms with E-state index in [4.69, 9.17) is 0 Å². The van der Waals surface area contributed by atoms with E-state index in [-0.39, 0.29) is 5.75 Å². The lowest BCUT2D eigenvalue weighted by molar-refractivity contribution is 0.126. The molecule has 7 heteroatoms. The number of alkyl halides is 2. The molecular weight excluding hydrogens is 238 g/mol. The maximum absolute atomic E-state index is 12.0. The molecule has 1 N–H and O–H groups in total. The molecule has 0 aromatic heterocycles. The average molecular weight is 258 g/mol. The van der Waals surface area contributed by atoms with Crippen molar-refractivity contribution in [1.29, 1.82) is 0 Å². The van der Waals surface area contributed by atoms with Gasteiger partial charge in [-0.25, -0.2) is 17.2 Å². The maximum atomic E-state index is 12.0. The fourth-order valence-electron chi connectivity index (χ4n) is 1.15. The van der Waals surface area contributed by atoms with E-state index in [1.54, 1.807) is 0 Å². The third-order valence-corrected chi connectivity index (χ3v) is 3.96. The number of hydrogen-bond donors (Lipinski definition) is 1. The standard InChI is InChI=1S/C9H20F2N2O2S/c1-3-5-12-6-4-7-16(14,15)13(2)8-9(10)11/h9,12H,3-8H2,1-2H3. The Morgan fingerprint density at radius 3 is 2.44 bits per heavy atom. The van der Waals surface area contributed by atoms with Gasteiger partial charge in [0, 0.05) is 7.05 Å². The average Bonchev–Trinajstić information content (AvgIpc) is 2.16. The number of halogens is 2. The zero-order valence-corrected chi connectivity index (χ0v) is 10.6. The molecule has 4 nitrogen and oxygen atoms in total. The van der Waals surface area contributed by atoms with Crippen LogP contribution in [0.5, 0.6) is 0 Å². The molecule has 0 aromatic carbocycles. The van der Waals surface area contributed by atoms with E-state index in [9.17, 15) is 17.2 Å². The molecule has 0 rings (SSSR count). The third kappa shape index (κ3) is 7.08. The lowest BCUT2D eigenvalue weighted by atomic mass is 10.4. The minimum Gasteiger partial charge on any atom is -0.317 e. The first kappa shape index (κ1) is 15.7. The molecule has 0 saturated carbocycles. The number of sulfonamides is 1. The van der Waals surface area contributed by atoms with Gasteiger partial charge in [0.15, 0.2) is 0 Å². The van der Waals surface area contributed by atoms with Crippen molar-refractivity contribution in [1.82, 2.24) is 9.62 Å². The van der Waals surface area contributed by atoms with E-state index < -0.39 is 23.0 Å². The number of hydrogen-bond acceptors (Lipinski definition) is 3. The largest absolute Gasteiger partial charge is 0.317 e.